The van der Waals surface area contributed by atoms with Crippen molar-refractivity contribution in [1.29, 1.82) is 0 Å². The van der Waals surface area contributed by atoms with E-state index in [0.29, 0.717) is 6.47 Å². The topological polar surface area (TPSA) is 47.8 Å². The van der Waals surface area contributed by atoms with Gasteiger partial charge in [-0.25, -0.2) is 4.90 Å². The third-order valence-corrected chi connectivity index (χ3v) is 2.23. The van der Waals surface area contributed by atoms with E-state index in [1.54, 1.807) is 0 Å². The molecule has 2 fully saturated rings. The first-order chi connectivity index (χ1) is 7.43. The van der Waals surface area contributed by atoms with Gasteiger partial charge in [-0.05, 0) is 27.7 Å². The molecular formula is C11H21NO4. The Morgan fingerprint density at radius 1 is 1.50 bits per heavy atom. The Hall–Kier alpha value is -0.650. The zero-order chi connectivity index (χ0) is 12.2. The zero-order valence-corrected chi connectivity index (χ0v) is 10.5. The number of carbonyl (C=O) groups excluding carboxylic acids is 1. The van der Waals surface area contributed by atoms with Crippen LogP contribution >= 0.6 is 0 Å². The van der Waals surface area contributed by atoms with Gasteiger partial charge in [-0.15, -0.1) is 0 Å². The number of carbonyl (C=O) groups is 1. The lowest BCUT2D eigenvalue weighted by Gasteiger charge is -2.14. The van der Waals surface area contributed by atoms with Crippen LogP contribution in [0.3, 0.4) is 0 Å². The summed E-state index contributed by atoms with van der Waals surface area (Å²) in [5, 5.41) is 0. The van der Waals surface area contributed by atoms with E-state index in [9.17, 15) is 4.79 Å². The van der Waals surface area contributed by atoms with Gasteiger partial charge in [0, 0.05) is 13.2 Å². The van der Waals surface area contributed by atoms with Crippen molar-refractivity contribution >= 4 is 6.47 Å². The maximum atomic E-state index is 9.60. The predicted octanol–water partition coefficient (Wildman–Crippen LogP) is 0.980. The highest BCUT2D eigenvalue weighted by Gasteiger charge is 2.58. The van der Waals surface area contributed by atoms with Crippen molar-refractivity contribution in [3.8, 4) is 0 Å². The van der Waals surface area contributed by atoms with Crippen LogP contribution < -0.4 is 0 Å². The molecular weight excluding hydrogens is 210 g/mol. The smallest absolute Gasteiger partial charge is 0.293 e. The van der Waals surface area contributed by atoms with Crippen molar-refractivity contribution in [3.63, 3.8) is 0 Å². The minimum Gasteiger partial charge on any atom is -0.462 e. The molecule has 2 aliphatic rings. The molecule has 5 heteroatoms. The summed E-state index contributed by atoms with van der Waals surface area (Å²) in [7, 11) is 0. The van der Waals surface area contributed by atoms with Gasteiger partial charge in [-0.3, -0.25) is 4.79 Å². The van der Waals surface area contributed by atoms with Gasteiger partial charge in [0.25, 0.3) is 6.47 Å². The van der Waals surface area contributed by atoms with Crippen LogP contribution in [-0.4, -0.2) is 49.2 Å². The molecule has 0 amide bonds. The second-order valence-electron chi connectivity index (χ2n) is 4.74. The molecule has 2 saturated heterocycles. The first-order valence-corrected chi connectivity index (χ1v) is 5.58. The fraction of sp³-hybridized carbons (Fsp3) is 0.909. The van der Waals surface area contributed by atoms with Gasteiger partial charge >= 0.3 is 0 Å². The summed E-state index contributed by atoms with van der Waals surface area (Å²) in [6, 6.07) is 0. The van der Waals surface area contributed by atoms with Crippen LogP contribution in [0.2, 0.25) is 0 Å². The SMILES string of the molecule is CC(C)(C)OC=O.CCOC12CN1CCO2. The Morgan fingerprint density at radius 2 is 2.19 bits per heavy atom. The summed E-state index contributed by atoms with van der Waals surface area (Å²) in [6.07, 6.45) is 0. The van der Waals surface area contributed by atoms with Crippen molar-refractivity contribution in [2.75, 3.05) is 26.3 Å². The Morgan fingerprint density at radius 3 is 2.44 bits per heavy atom. The lowest BCUT2D eigenvalue weighted by atomic mass is 10.2. The molecule has 0 N–H and O–H groups in total. The Balaban J connectivity index is 0.000000168. The number of fused-ring (bicyclic) bond motifs is 1. The van der Waals surface area contributed by atoms with Crippen molar-refractivity contribution in [3.05, 3.63) is 0 Å². The summed E-state index contributed by atoms with van der Waals surface area (Å²) >= 11 is 0. The highest BCUT2D eigenvalue weighted by molar-refractivity contribution is 5.37. The standard InChI is InChI=1S/C6H11NO2.C5H10O2/c1-2-8-6-5-7(6)3-4-9-6;1-5(2,3)7-4-6/h2-5H2,1H3;4H,1-3H3. The molecule has 0 bridgehead atoms. The summed E-state index contributed by atoms with van der Waals surface area (Å²) in [5.74, 6) is -0.255. The van der Waals surface area contributed by atoms with E-state index < -0.39 is 0 Å². The third-order valence-electron chi connectivity index (χ3n) is 2.23. The summed E-state index contributed by atoms with van der Waals surface area (Å²) < 4.78 is 15.3. The largest absolute Gasteiger partial charge is 0.462 e. The normalized spacial score (nSPS) is 31.1. The van der Waals surface area contributed by atoms with Crippen LogP contribution in [0, 0.1) is 0 Å². The Kier molecular flexibility index (Phi) is 4.29. The third kappa shape index (κ3) is 3.73. The average Bonchev–Trinajstić information content (AvgIpc) is 2.67. The number of nitrogens with zero attached hydrogens (tertiary/aromatic N) is 1. The molecule has 2 unspecified atom stereocenters. The molecule has 0 aromatic carbocycles. The van der Waals surface area contributed by atoms with Gasteiger partial charge in [0.1, 0.15) is 5.60 Å². The van der Waals surface area contributed by atoms with Crippen LogP contribution in [0.5, 0.6) is 0 Å². The second-order valence-corrected chi connectivity index (χ2v) is 4.74. The number of hydrogen-bond acceptors (Lipinski definition) is 5. The van der Waals surface area contributed by atoms with Gasteiger partial charge in [-0.2, -0.15) is 0 Å². The van der Waals surface area contributed by atoms with Gasteiger partial charge in [0.2, 0.25) is 5.91 Å². The number of ether oxygens (including phenoxy) is 3. The summed E-state index contributed by atoms with van der Waals surface area (Å²) in [6.45, 7) is 11.5. The Bertz CT molecular complexity index is 239. The van der Waals surface area contributed by atoms with Gasteiger partial charge < -0.3 is 14.2 Å². The summed E-state index contributed by atoms with van der Waals surface area (Å²) in [5.41, 5.74) is -0.318. The molecule has 16 heavy (non-hydrogen) atoms. The maximum absolute atomic E-state index is 9.60. The molecule has 2 aliphatic heterocycles. The average molecular weight is 231 g/mol. The quantitative estimate of drug-likeness (QED) is 0.535. The molecule has 2 heterocycles. The molecule has 94 valence electrons. The van der Waals surface area contributed by atoms with Gasteiger partial charge in [-0.1, -0.05) is 0 Å². The monoisotopic (exact) mass is 231 g/mol. The highest BCUT2D eigenvalue weighted by atomic mass is 16.8. The number of rotatable bonds is 3. The zero-order valence-electron chi connectivity index (χ0n) is 10.5. The number of hydrogen-bond donors (Lipinski definition) is 0. The molecule has 0 aromatic rings. The second kappa shape index (κ2) is 5.12. The van der Waals surface area contributed by atoms with E-state index in [4.69, 9.17) is 9.47 Å². The van der Waals surface area contributed by atoms with E-state index in [1.807, 2.05) is 27.7 Å². The fourth-order valence-electron chi connectivity index (χ4n) is 1.46. The first kappa shape index (κ1) is 13.4. The molecule has 0 aliphatic carbocycles. The van der Waals surface area contributed by atoms with Gasteiger partial charge in [0.05, 0.1) is 13.2 Å². The predicted molar refractivity (Wildman–Crippen MR) is 58.8 cm³/mol. The van der Waals surface area contributed by atoms with Crippen LogP contribution in [-0.2, 0) is 19.0 Å². The molecule has 0 spiro atoms. The lowest BCUT2D eigenvalue weighted by Crippen LogP contribution is -2.19. The molecule has 0 aromatic heterocycles. The minimum atomic E-state index is -0.318. The maximum Gasteiger partial charge on any atom is 0.293 e. The minimum absolute atomic E-state index is 0.255. The van der Waals surface area contributed by atoms with Crippen molar-refractivity contribution in [2.45, 2.75) is 39.2 Å². The van der Waals surface area contributed by atoms with E-state index in [-0.39, 0.29) is 11.5 Å². The van der Waals surface area contributed by atoms with E-state index in [1.165, 1.54) is 0 Å². The molecule has 2 rings (SSSR count). The Labute approximate surface area is 96.6 Å². The van der Waals surface area contributed by atoms with E-state index in [0.717, 1.165) is 26.3 Å². The van der Waals surface area contributed by atoms with Crippen LogP contribution in [0.1, 0.15) is 27.7 Å². The molecule has 5 nitrogen and oxygen atoms in total. The van der Waals surface area contributed by atoms with Crippen molar-refractivity contribution < 1.29 is 19.0 Å². The van der Waals surface area contributed by atoms with Crippen LogP contribution in [0.25, 0.3) is 0 Å². The summed E-state index contributed by atoms with van der Waals surface area (Å²) in [4.78, 5) is 11.8. The van der Waals surface area contributed by atoms with Crippen LogP contribution in [0.15, 0.2) is 0 Å². The number of morpholine rings is 1. The lowest BCUT2D eigenvalue weighted by molar-refractivity contribution is -0.158. The molecule has 2 atom stereocenters. The fourth-order valence-corrected chi connectivity index (χ4v) is 1.46. The van der Waals surface area contributed by atoms with E-state index in [2.05, 4.69) is 9.64 Å². The van der Waals surface area contributed by atoms with Crippen molar-refractivity contribution in [1.82, 2.24) is 4.90 Å². The van der Waals surface area contributed by atoms with Gasteiger partial charge in [0.15, 0.2) is 0 Å². The van der Waals surface area contributed by atoms with Crippen molar-refractivity contribution in [2.24, 2.45) is 0 Å². The van der Waals surface area contributed by atoms with E-state index >= 15 is 0 Å². The molecule has 0 radical (unpaired) electrons. The first-order valence-electron chi connectivity index (χ1n) is 5.58. The van der Waals surface area contributed by atoms with Crippen LogP contribution in [0.4, 0.5) is 0 Å². The highest BCUT2D eigenvalue weighted by Crippen LogP contribution is 2.38. The molecule has 0 saturated carbocycles.